The summed E-state index contributed by atoms with van der Waals surface area (Å²) in [6.07, 6.45) is 1.91. The van der Waals surface area contributed by atoms with Gasteiger partial charge in [0.05, 0.1) is 18.7 Å². The molecule has 7 nitrogen and oxygen atoms in total. The van der Waals surface area contributed by atoms with Gasteiger partial charge in [0.1, 0.15) is 12.6 Å². The molecular formula is C32H28N4O3. The maximum Gasteiger partial charge on any atom is 0.247 e. The van der Waals surface area contributed by atoms with Gasteiger partial charge in [-0.2, -0.15) is 5.26 Å². The largest absolute Gasteiger partial charge is 0.493 e. The van der Waals surface area contributed by atoms with E-state index in [-0.39, 0.29) is 5.91 Å². The third-order valence-electron chi connectivity index (χ3n) is 6.43. The molecule has 5 aromatic rings. The molecular weight excluding hydrogens is 488 g/mol. The first-order valence-electron chi connectivity index (χ1n) is 12.6. The Hall–Kier alpha value is -5.22. The first-order valence-corrected chi connectivity index (χ1v) is 12.6. The molecule has 3 N–H and O–H groups in total. The zero-order valence-corrected chi connectivity index (χ0v) is 21.5. The van der Waals surface area contributed by atoms with Crippen molar-refractivity contribution in [1.82, 2.24) is 10.3 Å². The maximum absolute atomic E-state index is 13.4. The molecule has 0 fully saturated rings. The third kappa shape index (κ3) is 6.20. The van der Waals surface area contributed by atoms with Crippen molar-refractivity contribution < 1.29 is 14.3 Å². The number of nitrogens with zero attached hydrogens (tertiary/aromatic N) is 1. The molecule has 39 heavy (non-hydrogen) atoms. The van der Waals surface area contributed by atoms with E-state index in [1.165, 1.54) is 0 Å². The van der Waals surface area contributed by atoms with E-state index < -0.39 is 6.04 Å². The molecule has 5 rings (SSSR count). The van der Waals surface area contributed by atoms with Gasteiger partial charge in [0.2, 0.25) is 5.91 Å². The first-order chi connectivity index (χ1) is 19.1. The number of aromatic nitrogens is 1. The lowest BCUT2D eigenvalue weighted by molar-refractivity contribution is -0.122. The summed E-state index contributed by atoms with van der Waals surface area (Å²) < 4.78 is 11.7. The molecule has 1 unspecified atom stereocenters. The molecule has 0 saturated heterocycles. The quantitative estimate of drug-likeness (QED) is 0.208. The number of carbonyl (C=O) groups is 1. The molecule has 0 aliphatic rings. The number of ether oxygens (including phenoxy) is 2. The van der Waals surface area contributed by atoms with Crippen molar-refractivity contribution in [1.29, 1.82) is 5.26 Å². The topological polar surface area (TPSA) is 99.2 Å². The summed E-state index contributed by atoms with van der Waals surface area (Å²) in [5.41, 5.74) is 5.09. The standard InChI is InChI=1S/C32H28N4O3/c1-38-30-18-26(10-14-29(30)39-21-24-9-13-28-25(17-24)15-16-34-28)31(36-27-11-7-22(19-33)8-12-27)32(37)35-20-23-5-3-2-4-6-23/h2-18,31,34,36H,20-21H2,1H3,(H,35,37). The number of hydrogen-bond acceptors (Lipinski definition) is 5. The van der Waals surface area contributed by atoms with Crippen LogP contribution in [0.3, 0.4) is 0 Å². The molecule has 1 aromatic heterocycles. The van der Waals surface area contributed by atoms with Crippen LogP contribution in [0.25, 0.3) is 10.9 Å². The highest BCUT2D eigenvalue weighted by Gasteiger charge is 2.22. The Labute approximate surface area is 227 Å². The van der Waals surface area contributed by atoms with Gasteiger partial charge in [-0.15, -0.1) is 0 Å². The van der Waals surface area contributed by atoms with Crippen LogP contribution >= 0.6 is 0 Å². The van der Waals surface area contributed by atoms with Gasteiger partial charge >= 0.3 is 0 Å². The van der Waals surface area contributed by atoms with Crippen LogP contribution < -0.4 is 20.1 Å². The average Bonchev–Trinajstić information content (AvgIpc) is 3.46. The number of rotatable bonds is 10. The van der Waals surface area contributed by atoms with Gasteiger partial charge in [0.25, 0.3) is 0 Å². The minimum Gasteiger partial charge on any atom is -0.493 e. The minimum absolute atomic E-state index is 0.196. The lowest BCUT2D eigenvalue weighted by Crippen LogP contribution is -2.33. The lowest BCUT2D eigenvalue weighted by Gasteiger charge is -2.21. The molecule has 1 heterocycles. The van der Waals surface area contributed by atoms with Crippen molar-refractivity contribution in [3.05, 3.63) is 126 Å². The summed E-state index contributed by atoms with van der Waals surface area (Å²) in [5.74, 6) is 0.911. The highest BCUT2D eigenvalue weighted by atomic mass is 16.5. The van der Waals surface area contributed by atoms with Gasteiger partial charge < -0.3 is 25.1 Å². The molecule has 4 aromatic carbocycles. The number of hydrogen-bond donors (Lipinski definition) is 3. The summed E-state index contributed by atoms with van der Waals surface area (Å²) in [6, 6.07) is 31.8. The number of fused-ring (bicyclic) bond motifs is 1. The molecule has 0 spiro atoms. The molecule has 1 amide bonds. The summed E-state index contributed by atoms with van der Waals surface area (Å²) >= 11 is 0. The predicted octanol–water partition coefficient (Wildman–Crippen LogP) is 6.10. The van der Waals surface area contributed by atoms with Crippen LogP contribution in [0.4, 0.5) is 5.69 Å². The highest BCUT2D eigenvalue weighted by molar-refractivity contribution is 5.86. The van der Waals surface area contributed by atoms with E-state index in [1.54, 1.807) is 31.4 Å². The smallest absolute Gasteiger partial charge is 0.247 e. The molecule has 7 heteroatoms. The number of benzene rings is 4. The molecule has 0 radical (unpaired) electrons. The molecule has 0 saturated carbocycles. The summed E-state index contributed by atoms with van der Waals surface area (Å²) in [6.45, 7) is 0.774. The third-order valence-corrected chi connectivity index (χ3v) is 6.43. The Morgan fingerprint density at radius 2 is 1.74 bits per heavy atom. The van der Waals surface area contributed by atoms with E-state index in [0.717, 1.165) is 22.0 Å². The molecule has 1 atom stereocenters. The first kappa shape index (κ1) is 25.4. The number of carbonyl (C=O) groups excluding carboxylic acids is 1. The van der Waals surface area contributed by atoms with Crippen molar-refractivity contribution in [2.24, 2.45) is 0 Å². The fraction of sp³-hybridized carbons (Fsp3) is 0.125. The zero-order valence-electron chi connectivity index (χ0n) is 21.5. The fourth-order valence-electron chi connectivity index (χ4n) is 4.33. The van der Waals surface area contributed by atoms with Crippen molar-refractivity contribution in [3.8, 4) is 17.6 Å². The number of nitrogens with one attached hydrogen (secondary N) is 3. The van der Waals surface area contributed by atoms with Crippen molar-refractivity contribution in [3.63, 3.8) is 0 Å². The van der Waals surface area contributed by atoms with Gasteiger partial charge in [-0.05, 0) is 76.7 Å². The molecule has 0 bridgehead atoms. The number of amides is 1. The molecule has 0 aliphatic heterocycles. The number of anilines is 1. The van der Waals surface area contributed by atoms with Crippen LogP contribution in [0.2, 0.25) is 0 Å². The van der Waals surface area contributed by atoms with E-state index in [4.69, 9.17) is 14.7 Å². The van der Waals surface area contributed by atoms with Gasteiger partial charge in [0.15, 0.2) is 11.5 Å². The summed E-state index contributed by atoms with van der Waals surface area (Å²) in [5, 5.41) is 16.6. The van der Waals surface area contributed by atoms with Gasteiger partial charge in [0, 0.05) is 23.9 Å². The van der Waals surface area contributed by atoms with E-state index >= 15 is 0 Å². The van der Waals surface area contributed by atoms with Gasteiger partial charge in [-0.25, -0.2) is 0 Å². The van der Waals surface area contributed by atoms with Crippen LogP contribution in [0.5, 0.6) is 11.5 Å². The van der Waals surface area contributed by atoms with E-state index in [9.17, 15) is 4.79 Å². The van der Waals surface area contributed by atoms with Crippen LogP contribution in [0.1, 0.15) is 28.3 Å². The average molecular weight is 517 g/mol. The fourth-order valence-corrected chi connectivity index (χ4v) is 4.33. The van der Waals surface area contributed by atoms with Crippen LogP contribution in [-0.4, -0.2) is 18.0 Å². The SMILES string of the molecule is COc1cc(C(Nc2ccc(C#N)cc2)C(=O)NCc2ccccc2)ccc1OCc1ccc2[nH]ccc2c1. The summed E-state index contributed by atoms with van der Waals surface area (Å²) in [4.78, 5) is 16.6. The lowest BCUT2D eigenvalue weighted by atomic mass is 10.0. The summed E-state index contributed by atoms with van der Waals surface area (Å²) in [7, 11) is 1.58. The van der Waals surface area contributed by atoms with Crippen molar-refractivity contribution in [2.45, 2.75) is 19.2 Å². The number of H-pyrrole nitrogens is 1. The minimum atomic E-state index is -0.708. The van der Waals surface area contributed by atoms with Gasteiger partial charge in [-0.1, -0.05) is 42.5 Å². The van der Waals surface area contributed by atoms with Crippen LogP contribution in [0.15, 0.2) is 103 Å². The van der Waals surface area contributed by atoms with Crippen molar-refractivity contribution in [2.75, 3.05) is 12.4 Å². The Balaban J connectivity index is 1.36. The second-order valence-electron chi connectivity index (χ2n) is 9.07. The van der Waals surface area contributed by atoms with Crippen molar-refractivity contribution >= 4 is 22.5 Å². The van der Waals surface area contributed by atoms with E-state index in [1.807, 2.05) is 72.9 Å². The number of nitriles is 1. The molecule has 194 valence electrons. The highest BCUT2D eigenvalue weighted by Crippen LogP contribution is 2.32. The normalized spacial score (nSPS) is 11.4. The second kappa shape index (κ2) is 11.9. The molecule has 0 aliphatic carbocycles. The van der Waals surface area contributed by atoms with Crippen LogP contribution in [0, 0.1) is 11.3 Å². The Kier molecular flexibility index (Phi) is 7.75. The van der Waals surface area contributed by atoms with E-state index in [0.29, 0.717) is 41.5 Å². The Morgan fingerprint density at radius 3 is 2.51 bits per heavy atom. The monoisotopic (exact) mass is 516 g/mol. The maximum atomic E-state index is 13.4. The zero-order chi connectivity index (χ0) is 27.0. The number of aromatic amines is 1. The Morgan fingerprint density at radius 1 is 0.923 bits per heavy atom. The second-order valence-corrected chi connectivity index (χ2v) is 9.07. The van der Waals surface area contributed by atoms with E-state index in [2.05, 4.69) is 27.8 Å². The Bertz CT molecular complexity index is 1600. The van der Waals surface area contributed by atoms with Gasteiger partial charge in [-0.3, -0.25) is 4.79 Å². The predicted molar refractivity (Wildman–Crippen MR) is 151 cm³/mol. The number of methoxy groups -OCH3 is 1. The van der Waals surface area contributed by atoms with Crippen LogP contribution in [-0.2, 0) is 17.9 Å².